The van der Waals surface area contributed by atoms with Crippen molar-refractivity contribution in [1.29, 1.82) is 0 Å². The molecule has 0 aromatic rings. The van der Waals surface area contributed by atoms with E-state index in [0.29, 0.717) is 12.8 Å². The Balaban J connectivity index is 2.40. The van der Waals surface area contributed by atoms with E-state index in [-0.39, 0.29) is 11.7 Å². The Labute approximate surface area is 54.2 Å². The molecule has 0 aromatic carbocycles. The molecule has 0 radical (unpaired) electrons. The molecule has 1 atom stereocenters. The van der Waals surface area contributed by atoms with E-state index in [0.717, 1.165) is 19.1 Å². The second kappa shape index (κ2) is 2.76. The van der Waals surface area contributed by atoms with Gasteiger partial charge in [-0.2, -0.15) is 0 Å². The van der Waals surface area contributed by atoms with Crippen LogP contribution in [0.1, 0.15) is 25.7 Å². The third kappa shape index (κ3) is 1.63. The molecule has 0 amide bonds. The average molecular weight is 126 g/mol. The highest BCUT2D eigenvalue weighted by Gasteiger charge is 2.17. The van der Waals surface area contributed by atoms with Crippen molar-refractivity contribution < 1.29 is 9.59 Å². The monoisotopic (exact) mass is 126 g/mol. The Bertz CT molecular complexity index is 129. The summed E-state index contributed by atoms with van der Waals surface area (Å²) in [4.78, 5) is 20.8. The van der Waals surface area contributed by atoms with Gasteiger partial charge in [0, 0.05) is 18.8 Å². The maximum atomic E-state index is 10.7. The van der Waals surface area contributed by atoms with Crippen molar-refractivity contribution in [1.82, 2.24) is 0 Å². The molecule has 1 saturated carbocycles. The Kier molecular flexibility index (Phi) is 1.98. The highest BCUT2D eigenvalue weighted by molar-refractivity contribution is 5.82. The Morgan fingerprint density at radius 3 is 2.78 bits per heavy atom. The fourth-order valence-corrected chi connectivity index (χ4v) is 1.17. The summed E-state index contributed by atoms with van der Waals surface area (Å²) in [5, 5.41) is 0. The molecule has 0 aliphatic heterocycles. The highest BCUT2D eigenvalue weighted by Crippen LogP contribution is 2.18. The van der Waals surface area contributed by atoms with Gasteiger partial charge in [-0.1, -0.05) is 0 Å². The van der Waals surface area contributed by atoms with Crippen molar-refractivity contribution in [3.63, 3.8) is 0 Å². The molecule has 0 N–H and O–H groups in total. The van der Waals surface area contributed by atoms with Crippen LogP contribution in [0.25, 0.3) is 0 Å². The molecule has 1 aliphatic rings. The van der Waals surface area contributed by atoms with Gasteiger partial charge in [0.1, 0.15) is 12.1 Å². The predicted octanol–water partition coefficient (Wildman–Crippen LogP) is 0.945. The quantitative estimate of drug-likeness (QED) is 0.490. The first kappa shape index (κ1) is 6.46. The zero-order valence-electron chi connectivity index (χ0n) is 5.30. The van der Waals surface area contributed by atoms with Crippen molar-refractivity contribution in [2.24, 2.45) is 5.92 Å². The lowest BCUT2D eigenvalue weighted by atomic mass is 9.90. The molecule has 1 fully saturated rings. The molecule has 2 nitrogen and oxygen atoms in total. The zero-order valence-corrected chi connectivity index (χ0v) is 5.30. The second-order valence-electron chi connectivity index (χ2n) is 2.53. The predicted molar refractivity (Wildman–Crippen MR) is 33.0 cm³/mol. The van der Waals surface area contributed by atoms with Crippen molar-refractivity contribution in [3.05, 3.63) is 0 Å². The van der Waals surface area contributed by atoms with Crippen LogP contribution in [0, 0.1) is 5.92 Å². The molecular formula is C7H10O2. The molecule has 1 rings (SSSR count). The first-order chi connectivity index (χ1) is 4.33. The largest absolute Gasteiger partial charge is 0.303 e. The molecule has 50 valence electrons. The number of ketones is 1. The van der Waals surface area contributed by atoms with Gasteiger partial charge in [-0.15, -0.1) is 0 Å². The van der Waals surface area contributed by atoms with Crippen molar-refractivity contribution in [2.75, 3.05) is 0 Å². The summed E-state index contributed by atoms with van der Waals surface area (Å²) < 4.78 is 0. The lowest BCUT2D eigenvalue weighted by molar-refractivity contribution is -0.124. The van der Waals surface area contributed by atoms with Crippen LogP contribution in [0.2, 0.25) is 0 Å². The van der Waals surface area contributed by atoms with E-state index >= 15 is 0 Å². The van der Waals surface area contributed by atoms with Crippen LogP contribution in [-0.4, -0.2) is 12.1 Å². The maximum absolute atomic E-state index is 10.7. The van der Waals surface area contributed by atoms with Gasteiger partial charge in [0.25, 0.3) is 0 Å². The first-order valence-corrected chi connectivity index (χ1v) is 3.30. The number of hydrogen-bond donors (Lipinski definition) is 0. The molecule has 1 unspecified atom stereocenters. The van der Waals surface area contributed by atoms with E-state index in [1.807, 2.05) is 0 Å². The molecule has 2 heteroatoms. The fourth-order valence-electron chi connectivity index (χ4n) is 1.17. The van der Waals surface area contributed by atoms with Gasteiger partial charge in [0.05, 0.1) is 0 Å². The minimum Gasteiger partial charge on any atom is -0.303 e. The lowest BCUT2D eigenvalue weighted by Gasteiger charge is -2.13. The average Bonchev–Trinajstić information content (AvgIpc) is 1.88. The van der Waals surface area contributed by atoms with Gasteiger partial charge in [-0.05, 0) is 12.8 Å². The van der Waals surface area contributed by atoms with Crippen LogP contribution in [0.3, 0.4) is 0 Å². The maximum Gasteiger partial charge on any atom is 0.133 e. The number of rotatable bonds is 1. The van der Waals surface area contributed by atoms with Gasteiger partial charge in [-0.25, -0.2) is 0 Å². The van der Waals surface area contributed by atoms with Crippen molar-refractivity contribution in [3.8, 4) is 0 Å². The topological polar surface area (TPSA) is 34.1 Å². The molecule has 0 heterocycles. The number of carbonyl (C=O) groups excluding carboxylic acids is 2. The summed E-state index contributed by atoms with van der Waals surface area (Å²) in [6.45, 7) is 0. The number of aldehydes is 1. The smallest absolute Gasteiger partial charge is 0.133 e. The fraction of sp³-hybridized carbons (Fsp3) is 0.714. The summed E-state index contributed by atoms with van der Waals surface area (Å²) in [6.07, 6.45) is 3.89. The van der Waals surface area contributed by atoms with E-state index in [1.165, 1.54) is 0 Å². The molecule has 9 heavy (non-hydrogen) atoms. The van der Waals surface area contributed by atoms with E-state index in [1.54, 1.807) is 0 Å². The van der Waals surface area contributed by atoms with Gasteiger partial charge >= 0.3 is 0 Å². The molecular weight excluding hydrogens is 116 g/mol. The highest BCUT2D eigenvalue weighted by atomic mass is 16.1. The summed E-state index contributed by atoms with van der Waals surface area (Å²) in [7, 11) is 0. The minimum absolute atomic E-state index is 0.0336. The Hall–Kier alpha value is -0.660. The lowest BCUT2D eigenvalue weighted by Crippen LogP contribution is -2.15. The second-order valence-corrected chi connectivity index (χ2v) is 2.53. The van der Waals surface area contributed by atoms with Gasteiger partial charge in [-0.3, -0.25) is 4.79 Å². The van der Waals surface area contributed by atoms with Crippen LogP contribution < -0.4 is 0 Å². The van der Waals surface area contributed by atoms with E-state index in [4.69, 9.17) is 0 Å². The van der Waals surface area contributed by atoms with Crippen molar-refractivity contribution in [2.45, 2.75) is 25.7 Å². The van der Waals surface area contributed by atoms with E-state index < -0.39 is 0 Å². The van der Waals surface area contributed by atoms with Crippen LogP contribution in [0.15, 0.2) is 0 Å². The minimum atomic E-state index is 0.0336. The number of hydrogen-bond acceptors (Lipinski definition) is 2. The molecule has 0 saturated heterocycles. The Morgan fingerprint density at radius 1 is 1.56 bits per heavy atom. The van der Waals surface area contributed by atoms with Crippen molar-refractivity contribution >= 4 is 12.1 Å². The molecule has 0 bridgehead atoms. The number of Topliss-reactive ketones (excluding diaryl/α,β-unsaturated/α-hetero) is 1. The van der Waals surface area contributed by atoms with Gasteiger partial charge in [0.2, 0.25) is 0 Å². The SMILES string of the molecule is O=CC1CCCC(=O)C1. The Morgan fingerprint density at radius 2 is 2.33 bits per heavy atom. The summed E-state index contributed by atoms with van der Waals surface area (Å²) >= 11 is 0. The third-order valence-corrected chi connectivity index (χ3v) is 1.71. The summed E-state index contributed by atoms with van der Waals surface area (Å²) in [6, 6.07) is 0. The van der Waals surface area contributed by atoms with Gasteiger partial charge in [0.15, 0.2) is 0 Å². The zero-order chi connectivity index (χ0) is 6.69. The van der Waals surface area contributed by atoms with E-state index in [9.17, 15) is 9.59 Å². The molecule has 0 spiro atoms. The van der Waals surface area contributed by atoms with Gasteiger partial charge < -0.3 is 4.79 Å². The van der Waals surface area contributed by atoms with Crippen LogP contribution >= 0.6 is 0 Å². The van der Waals surface area contributed by atoms with E-state index in [2.05, 4.69) is 0 Å². The molecule has 1 aliphatic carbocycles. The van der Waals surface area contributed by atoms with Crippen LogP contribution in [-0.2, 0) is 9.59 Å². The number of carbonyl (C=O) groups is 2. The van der Waals surface area contributed by atoms with Crippen LogP contribution in [0.4, 0.5) is 0 Å². The first-order valence-electron chi connectivity index (χ1n) is 3.30. The van der Waals surface area contributed by atoms with Crippen LogP contribution in [0.5, 0.6) is 0 Å². The summed E-state index contributed by atoms with van der Waals surface area (Å²) in [5.74, 6) is 0.282. The molecule has 0 aromatic heterocycles. The summed E-state index contributed by atoms with van der Waals surface area (Å²) in [5.41, 5.74) is 0. The normalized spacial score (nSPS) is 28.0. The standard InChI is InChI=1S/C7H10O2/c8-5-6-2-1-3-7(9)4-6/h5-6H,1-4H2. The third-order valence-electron chi connectivity index (χ3n) is 1.71.